The first-order valence-corrected chi connectivity index (χ1v) is 6.34. The SMILES string of the molecule is Cc1ccc(Oc2ccc([C@@H](C)N)cc2Cl)cc1F. The molecule has 0 fully saturated rings. The highest BCUT2D eigenvalue weighted by Gasteiger charge is 2.08. The molecule has 1 atom stereocenters. The van der Waals surface area contributed by atoms with Gasteiger partial charge < -0.3 is 10.5 Å². The number of halogens is 2. The van der Waals surface area contributed by atoms with Crippen molar-refractivity contribution in [3.05, 3.63) is 58.4 Å². The Hall–Kier alpha value is -1.58. The van der Waals surface area contributed by atoms with E-state index in [1.807, 2.05) is 13.0 Å². The van der Waals surface area contributed by atoms with Gasteiger partial charge in [-0.15, -0.1) is 0 Å². The fourth-order valence-corrected chi connectivity index (χ4v) is 1.87. The first-order chi connectivity index (χ1) is 8.97. The van der Waals surface area contributed by atoms with Crippen molar-refractivity contribution in [3.8, 4) is 11.5 Å². The second kappa shape index (κ2) is 5.59. The lowest BCUT2D eigenvalue weighted by Crippen LogP contribution is -2.04. The Morgan fingerprint density at radius 1 is 1.21 bits per heavy atom. The number of nitrogens with two attached hydrogens (primary N) is 1. The zero-order valence-corrected chi connectivity index (χ0v) is 11.5. The molecule has 0 heterocycles. The molecule has 0 aliphatic heterocycles. The summed E-state index contributed by atoms with van der Waals surface area (Å²) in [4.78, 5) is 0. The zero-order valence-electron chi connectivity index (χ0n) is 10.8. The van der Waals surface area contributed by atoms with E-state index in [1.54, 1.807) is 31.2 Å². The maximum atomic E-state index is 13.4. The monoisotopic (exact) mass is 279 g/mol. The van der Waals surface area contributed by atoms with Crippen LogP contribution in [0, 0.1) is 12.7 Å². The van der Waals surface area contributed by atoms with Crippen molar-refractivity contribution in [2.24, 2.45) is 5.73 Å². The average molecular weight is 280 g/mol. The average Bonchev–Trinajstić information content (AvgIpc) is 2.36. The standard InChI is InChI=1S/C15H15ClFNO/c1-9-3-5-12(8-14(9)17)19-15-6-4-11(10(2)18)7-13(15)16/h3-8,10H,18H2,1-2H3/t10-/m1/s1. The van der Waals surface area contributed by atoms with E-state index in [4.69, 9.17) is 22.1 Å². The van der Waals surface area contributed by atoms with E-state index in [0.29, 0.717) is 22.1 Å². The second-order valence-electron chi connectivity index (χ2n) is 4.49. The maximum absolute atomic E-state index is 13.4. The molecule has 0 saturated heterocycles. The molecule has 2 rings (SSSR count). The van der Waals surface area contributed by atoms with Gasteiger partial charge in [0.15, 0.2) is 0 Å². The molecule has 0 aliphatic rings. The van der Waals surface area contributed by atoms with Crippen molar-refractivity contribution in [2.45, 2.75) is 19.9 Å². The highest BCUT2D eigenvalue weighted by Crippen LogP contribution is 2.31. The van der Waals surface area contributed by atoms with Crippen LogP contribution in [0.2, 0.25) is 5.02 Å². The van der Waals surface area contributed by atoms with Gasteiger partial charge in [0.2, 0.25) is 0 Å². The molecule has 2 aromatic rings. The third-order valence-electron chi connectivity index (χ3n) is 2.85. The molecule has 0 amide bonds. The van der Waals surface area contributed by atoms with Gasteiger partial charge in [-0.3, -0.25) is 0 Å². The molecule has 100 valence electrons. The van der Waals surface area contributed by atoms with Crippen LogP contribution < -0.4 is 10.5 Å². The van der Waals surface area contributed by atoms with Gasteiger partial charge in [-0.2, -0.15) is 0 Å². The molecule has 2 N–H and O–H groups in total. The summed E-state index contributed by atoms with van der Waals surface area (Å²) in [6.07, 6.45) is 0. The normalized spacial score (nSPS) is 12.3. The summed E-state index contributed by atoms with van der Waals surface area (Å²) in [5.41, 5.74) is 7.27. The minimum Gasteiger partial charge on any atom is -0.456 e. The number of hydrogen-bond acceptors (Lipinski definition) is 2. The fraction of sp³-hybridized carbons (Fsp3) is 0.200. The van der Waals surface area contributed by atoms with Crippen LogP contribution in [0.4, 0.5) is 4.39 Å². The van der Waals surface area contributed by atoms with Crippen molar-refractivity contribution < 1.29 is 9.13 Å². The third kappa shape index (κ3) is 3.25. The predicted octanol–water partition coefficient (Wildman–Crippen LogP) is 4.60. The van der Waals surface area contributed by atoms with Crippen LogP contribution >= 0.6 is 11.6 Å². The second-order valence-corrected chi connectivity index (χ2v) is 4.90. The molecule has 0 aromatic heterocycles. The number of benzene rings is 2. The Morgan fingerprint density at radius 2 is 1.95 bits per heavy atom. The van der Waals surface area contributed by atoms with E-state index < -0.39 is 0 Å². The van der Waals surface area contributed by atoms with E-state index in [2.05, 4.69) is 0 Å². The molecule has 4 heteroatoms. The van der Waals surface area contributed by atoms with Crippen molar-refractivity contribution in [2.75, 3.05) is 0 Å². The predicted molar refractivity (Wildman–Crippen MR) is 75.3 cm³/mol. The number of aryl methyl sites for hydroxylation is 1. The number of hydrogen-bond donors (Lipinski definition) is 1. The number of rotatable bonds is 3. The van der Waals surface area contributed by atoms with Crippen molar-refractivity contribution in [3.63, 3.8) is 0 Å². The van der Waals surface area contributed by atoms with E-state index in [0.717, 1.165) is 5.56 Å². The smallest absolute Gasteiger partial charge is 0.146 e. The molecule has 0 aliphatic carbocycles. The van der Waals surface area contributed by atoms with Gasteiger partial charge in [-0.25, -0.2) is 4.39 Å². The highest BCUT2D eigenvalue weighted by atomic mass is 35.5. The Kier molecular flexibility index (Phi) is 4.08. The first kappa shape index (κ1) is 13.8. The summed E-state index contributed by atoms with van der Waals surface area (Å²) in [7, 11) is 0. The molecule has 2 aromatic carbocycles. The topological polar surface area (TPSA) is 35.2 Å². The zero-order chi connectivity index (χ0) is 14.0. The van der Waals surface area contributed by atoms with Crippen LogP contribution in [0.15, 0.2) is 36.4 Å². The van der Waals surface area contributed by atoms with Gasteiger partial charge in [-0.05, 0) is 43.2 Å². The van der Waals surface area contributed by atoms with Gasteiger partial charge in [-0.1, -0.05) is 23.7 Å². The quantitative estimate of drug-likeness (QED) is 0.891. The Labute approximate surface area is 117 Å². The molecular weight excluding hydrogens is 265 g/mol. The highest BCUT2D eigenvalue weighted by molar-refractivity contribution is 6.32. The molecule has 0 spiro atoms. The lowest BCUT2D eigenvalue weighted by atomic mass is 10.1. The molecule has 0 unspecified atom stereocenters. The van der Waals surface area contributed by atoms with Gasteiger partial charge in [0.05, 0.1) is 5.02 Å². The molecule has 0 radical (unpaired) electrons. The van der Waals surface area contributed by atoms with Crippen LogP contribution in [0.25, 0.3) is 0 Å². The summed E-state index contributed by atoms with van der Waals surface area (Å²) in [6.45, 7) is 3.57. The van der Waals surface area contributed by atoms with Gasteiger partial charge in [0.1, 0.15) is 17.3 Å². The summed E-state index contributed by atoms with van der Waals surface area (Å²) in [5.74, 6) is 0.591. The summed E-state index contributed by atoms with van der Waals surface area (Å²) in [5, 5.41) is 0.454. The van der Waals surface area contributed by atoms with Gasteiger partial charge in [0, 0.05) is 12.1 Å². The largest absolute Gasteiger partial charge is 0.456 e. The van der Waals surface area contributed by atoms with Crippen LogP contribution in [-0.4, -0.2) is 0 Å². The van der Waals surface area contributed by atoms with Crippen molar-refractivity contribution in [1.29, 1.82) is 0 Å². The van der Waals surface area contributed by atoms with Crippen LogP contribution in [0.3, 0.4) is 0 Å². The lowest BCUT2D eigenvalue weighted by molar-refractivity contribution is 0.476. The minimum absolute atomic E-state index is 0.0941. The van der Waals surface area contributed by atoms with Crippen LogP contribution in [0.5, 0.6) is 11.5 Å². The summed E-state index contributed by atoms with van der Waals surface area (Å²) in [6, 6.07) is 9.94. The fourth-order valence-electron chi connectivity index (χ4n) is 1.65. The van der Waals surface area contributed by atoms with Gasteiger partial charge in [0.25, 0.3) is 0 Å². The van der Waals surface area contributed by atoms with E-state index in [1.165, 1.54) is 6.07 Å². The van der Waals surface area contributed by atoms with Gasteiger partial charge >= 0.3 is 0 Å². The molecule has 0 bridgehead atoms. The Morgan fingerprint density at radius 3 is 2.53 bits per heavy atom. The lowest BCUT2D eigenvalue weighted by Gasteiger charge is -2.11. The molecule has 2 nitrogen and oxygen atoms in total. The van der Waals surface area contributed by atoms with Crippen LogP contribution in [0.1, 0.15) is 24.1 Å². The minimum atomic E-state index is -0.305. The first-order valence-electron chi connectivity index (χ1n) is 5.96. The van der Waals surface area contributed by atoms with Crippen molar-refractivity contribution >= 4 is 11.6 Å². The maximum Gasteiger partial charge on any atom is 0.146 e. The third-order valence-corrected chi connectivity index (χ3v) is 3.15. The Balaban J connectivity index is 2.25. The molecule has 19 heavy (non-hydrogen) atoms. The van der Waals surface area contributed by atoms with Crippen LogP contribution in [-0.2, 0) is 0 Å². The Bertz CT molecular complexity index is 599. The van der Waals surface area contributed by atoms with Crippen molar-refractivity contribution in [1.82, 2.24) is 0 Å². The summed E-state index contributed by atoms with van der Waals surface area (Å²) < 4.78 is 19.0. The van der Waals surface area contributed by atoms with E-state index in [9.17, 15) is 4.39 Å². The molecular formula is C15H15ClFNO. The molecule has 0 saturated carbocycles. The van der Waals surface area contributed by atoms with E-state index in [-0.39, 0.29) is 11.9 Å². The number of ether oxygens (including phenoxy) is 1. The van der Waals surface area contributed by atoms with E-state index >= 15 is 0 Å². The summed E-state index contributed by atoms with van der Waals surface area (Å²) >= 11 is 6.12.